The van der Waals surface area contributed by atoms with E-state index in [-0.39, 0.29) is 0 Å². The highest BCUT2D eigenvalue weighted by atomic mass is 79.9. The molecule has 17 heavy (non-hydrogen) atoms. The molecule has 0 atom stereocenters. The lowest BCUT2D eigenvalue weighted by molar-refractivity contribution is 0.403. The molecule has 1 nitrogen and oxygen atoms in total. The Bertz CT molecular complexity index is 424. The summed E-state index contributed by atoms with van der Waals surface area (Å²) in [7, 11) is 0. The van der Waals surface area contributed by atoms with Crippen LogP contribution in [-0.2, 0) is 6.54 Å². The highest BCUT2D eigenvalue weighted by Gasteiger charge is 2.53. The van der Waals surface area contributed by atoms with Crippen LogP contribution < -0.4 is 5.32 Å². The van der Waals surface area contributed by atoms with Gasteiger partial charge < -0.3 is 5.32 Å². The first kappa shape index (κ1) is 12.0. The number of benzene rings is 1. The summed E-state index contributed by atoms with van der Waals surface area (Å²) in [5, 5.41) is 4.40. The zero-order chi connectivity index (χ0) is 11.9. The molecule has 0 amide bonds. The van der Waals surface area contributed by atoms with Crippen LogP contribution in [0.4, 0.5) is 0 Å². The van der Waals surface area contributed by atoms with E-state index in [9.17, 15) is 0 Å². The van der Waals surface area contributed by atoms with Gasteiger partial charge in [-0.05, 0) is 54.7 Å². The fourth-order valence-electron chi connectivity index (χ4n) is 2.70. The quantitative estimate of drug-likeness (QED) is 0.850. The molecule has 2 aliphatic rings. The molecule has 3 rings (SSSR count). The predicted molar refractivity (Wildman–Crippen MR) is 75.2 cm³/mol. The second-order valence-corrected chi connectivity index (χ2v) is 6.77. The third-order valence-corrected chi connectivity index (χ3v) is 5.12. The molecule has 2 fully saturated rings. The van der Waals surface area contributed by atoms with Gasteiger partial charge in [0.25, 0.3) is 0 Å². The zero-order valence-corrected chi connectivity index (χ0v) is 12.1. The lowest BCUT2D eigenvalue weighted by Gasteiger charge is -2.15. The van der Waals surface area contributed by atoms with E-state index in [0.29, 0.717) is 5.41 Å². The third kappa shape index (κ3) is 2.69. The van der Waals surface area contributed by atoms with Gasteiger partial charge in [-0.25, -0.2) is 0 Å². The van der Waals surface area contributed by atoms with Crippen molar-refractivity contribution in [3.8, 4) is 0 Å². The van der Waals surface area contributed by atoms with E-state index in [4.69, 9.17) is 11.6 Å². The Morgan fingerprint density at radius 1 is 1.35 bits per heavy atom. The van der Waals surface area contributed by atoms with Gasteiger partial charge in [0.05, 0.1) is 0 Å². The van der Waals surface area contributed by atoms with Gasteiger partial charge in [0.2, 0.25) is 0 Å². The summed E-state index contributed by atoms with van der Waals surface area (Å²) in [5.74, 6) is 1.03. The van der Waals surface area contributed by atoms with Crippen molar-refractivity contribution in [3.63, 3.8) is 0 Å². The molecule has 1 N–H and O–H groups in total. The smallest absolute Gasteiger partial charge is 0.0417 e. The van der Waals surface area contributed by atoms with Gasteiger partial charge in [0, 0.05) is 22.6 Å². The Balaban J connectivity index is 1.53. The van der Waals surface area contributed by atoms with Gasteiger partial charge in [0.1, 0.15) is 0 Å². The summed E-state index contributed by atoms with van der Waals surface area (Å²) in [4.78, 5) is 0. The molecule has 2 aliphatic carbocycles. The van der Waals surface area contributed by atoms with Gasteiger partial charge >= 0.3 is 0 Å². The Kier molecular flexibility index (Phi) is 3.22. The van der Waals surface area contributed by atoms with Crippen LogP contribution in [0.2, 0.25) is 5.02 Å². The number of halogens is 2. The van der Waals surface area contributed by atoms with E-state index in [1.807, 2.05) is 12.1 Å². The Labute approximate surface area is 116 Å². The number of hydrogen-bond donors (Lipinski definition) is 1. The van der Waals surface area contributed by atoms with E-state index in [1.54, 1.807) is 0 Å². The second kappa shape index (κ2) is 4.56. The monoisotopic (exact) mass is 313 g/mol. The van der Waals surface area contributed by atoms with Gasteiger partial charge in [-0.15, -0.1) is 0 Å². The summed E-state index contributed by atoms with van der Waals surface area (Å²) in [6.45, 7) is 2.12. The van der Waals surface area contributed by atoms with Gasteiger partial charge in [-0.3, -0.25) is 0 Å². The van der Waals surface area contributed by atoms with Crippen molar-refractivity contribution in [2.75, 3.05) is 6.54 Å². The lowest BCUT2D eigenvalue weighted by Crippen LogP contribution is -2.25. The molecule has 0 radical (unpaired) electrons. The van der Waals surface area contributed by atoms with Crippen LogP contribution in [0.15, 0.2) is 22.7 Å². The van der Waals surface area contributed by atoms with Crippen molar-refractivity contribution < 1.29 is 0 Å². The zero-order valence-electron chi connectivity index (χ0n) is 9.81. The largest absolute Gasteiger partial charge is 0.312 e. The van der Waals surface area contributed by atoms with E-state index < -0.39 is 0 Å². The first-order chi connectivity index (χ1) is 8.20. The van der Waals surface area contributed by atoms with Gasteiger partial charge in [-0.2, -0.15) is 0 Å². The maximum Gasteiger partial charge on any atom is 0.0417 e. The van der Waals surface area contributed by atoms with Crippen LogP contribution in [0.25, 0.3) is 0 Å². The Morgan fingerprint density at radius 3 is 2.71 bits per heavy atom. The van der Waals surface area contributed by atoms with Crippen molar-refractivity contribution in [2.45, 2.75) is 32.2 Å². The normalized spacial score (nSPS) is 21.5. The molecule has 1 aromatic carbocycles. The highest BCUT2D eigenvalue weighted by Crippen LogP contribution is 2.60. The molecule has 92 valence electrons. The van der Waals surface area contributed by atoms with Crippen molar-refractivity contribution >= 4 is 27.5 Å². The molecule has 0 aromatic heterocycles. The van der Waals surface area contributed by atoms with E-state index in [0.717, 1.165) is 22.0 Å². The van der Waals surface area contributed by atoms with Crippen molar-refractivity contribution in [3.05, 3.63) is 33.3 Å². The second-order valence-electron chi connectivity index (χ2n) is 5.48. The standard InChI is InChI=1S/C14H17BrClN/c15-13-7-12(16)4-1-10(13)8-17-9-14(5-6-14)11-2-3-11/h1,4,7,11,17H,2-3,5-6,8-9H2. The predicted octanol–water partition coefficient (Wildman–Crippen LogP) is 4.38. The Hall–Kier alpha value is -0.0500. The molecule has 2 saturated carbocycles. The summed E-state index contributed by atoms with van der Waals surface area (Å²) in [6, 6.07) is 6.01. The molecular formula is C14H17BrClN. The average Bonchev–Trinajstić information content (AvgIpc) is 3.14. The minimum absolute atomic E-state index is 0.679. The fourth-order valence-corrected chi connectivity index (χ4v) is 3.52. The maximum atomic E-state index is 5.93. The summed E-state index contributed by atoms with van der Waals surface area (Å²) >= 11 is 9.49. The molecule has 0 spiro atoms. The van der Waals surface area contributed by atoms with Crippen LogP contribution in [-0.4, -0.2) is 6.54 Å². The molecule has 0 heterocycles. The SMILES string of the molecule is Clc1ccc(CNCC2(C3CC3)CC2)c(Br)c1. The van der Waals surface area contributed by atoms with Crippen molar-refractivity contribution in [1.82, 2.24) is 5.32 Å². The van der Waals surface area contributed by atoms with Crippen LogP contribution in [0.3, 0.4) is 0 Å². The average molecular weight is 315 g/mol. The first-order valence-corrected chi connectivity index (χ1v) is 7.51. The Morgan fingerprint density at radius 2 is 2.12 bits per heavy atom. The topological polar surface area (TPSA) is 12.0 Å². The van der Waals surface area contributed by atoms with E-state index in [2.05, 4.69) is 27.3 Å². The summed E-state index contributed by atoms with van der Waals surface area (Å²) in [5.41, 5.74) is 1.97. The molecule has 0 unspecified atom stereocenters. The maximum absolute atomic E-state index is 5.93. The first-order valence-electron chi connectivity index (χ1n) is 6.34. The molecule has 1 aromatic rings. The van der Waals surface area contributed by atoms with Crippen LogP contribution in [0, 0.1) is 11.3 Å². The lowest BCUT2D eigenvalue weighted by atomic mass is 10.0. The van der Waals surface area contributed by atoms with Crippen molar-refractivity contribution in [1.29, 1.82) is 0 Å². The molecule has 0 aliphatic heterocycles. The number of hydrogen-bond acceptors (Lipinski definition) is 1. The number of rotatable bonds is 5. The van der Waals surface area contributed by atoms with Crippen LogP contribution >= 0.6 is 27.5 Å². The molecular weight excluding hydrogens is 298 g/mol. The van der Waals surface area contributed by atoms with E-state index in [1.165, 1.54) is 37.8 Å². The molecule has 3 heteroatoms. The minimum atomic E-state index is 0.679. The van der Waals surface area contributed by atoms with Gasteiger partial charge in [0.15, 0.2) is 0 Å². The highest BCUT2D eigenvalue weighted by molar-refractivity contribution is 9.10. The third-order valence-electron chi connectivity index (χ3n) is 4.14. The van der Waals surface area contributed by atoms with Crippen LogP contribution in [0.5, 0.6) is 0 Å². The van der Waals surface area contributed by atoms with E-state index >= 15 is 0 Å². The summed E-state index contributed by atoms with van der Waals surface area (Å²) in [6.07, 6.45) is 5.80. The minimum Gasteiger partial charge on any atom is -0.312 e. The summed E-state index contributed by atoms with van der Waals surface area (Å²) < 4.78 is 1.11. The van der Waals surface area contributed by atoms with Crippen LogP contribution in [0.1, 0.15) is 31.2 Å². The van der Waals surface area contributed by atoms with Crippen molar-refractivity contribution in [2.24, 2.45) is 11.3 Å². The number of nitrogens with one attached hydrogen (secondary N) is 1. The molecule has 0 saturated heterocycles. The van der Waals surface area contributed by atoms with Gasteiger partial charge in [-0.1, -0.05) is 33.6 Å². The fraction of sp³-hybridized carbons (Fsp3) is 0.571. The molecule has 0 bridgehead atoms.